The Morgan fingerprint density at radius 1 is 1.35 bits per heavy atom. The van der Waals surface area contributed by atoms with Gasteiger partial charge in [-0.3, -0.25) is 4.79 Å². The predicted octanol–water partition coefficient (Wildman–Crippen LogP) is 0.796. The Bertz CT molecular complexity index is 417. The highest BCUT2D eigenvalue weighted by atomic mass is 19.4. The zero-order valence-corrected chi connectivity index (χ0v) is 8.58. The Morgan fingerprint density at radius 2 is 2.12 bits per heavy atom. The lowest BCUT2D eigenvalue weighted by Crippen LogP contribution is -2.23. The normalized spacial score (nSPS) is 20.2. The lowest BCUT2D eigenvalue weighted by atomic mass is 10.2. The van der Waals surface area contributed by atoms with Gasteiger partial charge >= 0.3 is 6.18 Å². The van der Waals surface area contributed by atoms with Crippen molar-refractivity contribution in [1.29, 1.82) is 0 Å². The molecule has 1 atom stereocenters. The van der Waals surface area contributed by atoms with E-state index < -0.39 is 11.9 Å². The smallest absolute Gasteiger partial charge is 0.364 e. The molecule has 1 fully saturated rings. The lowest BCUT2D eigenvalue weighted by Gasteiger charge is -2.11. The number of carbonyl (C=O) groups is 1. The SMILES string of the molecule is O=C1CC(Nc2ccc(C(F)(F)F)nn2)CN1. The number of hydrogen-bond acceptors (Lipinski definition) is 4. The van der Waals surface area contributed by atoms with E-state index in [0.717, 1.165) is 6.07 Å². The molecule has 1 saturated heterocycles. The van der Waals surface area contributed by atoms with E-state index in [9.17, 15) is 18.0 Å². The van der Waals surface area contributed by atoms with Crippen molar-refractivity contribution >= 4 is 11.7 Å². The van der Waals surface area contributed by atoms with Crippen LogP contribution < -0.4 is 10.6 Å². The van der Waals surface area contributed by atoms with Crippen molar-refractivity contribution in [3.63, 3.8) is 0 Å². The Kier molecular flexibility index (Phi) is 2.86. The fraction of sp³-hybridized carbons (Fsp3) is 0.444. The van der Waals surface area contributed by atoms with Crippen LogP contribution in [-0.2, 0) is 11.0 Å². The number of amides is 1. The highest BCUT2D eigenvalue weighted by Gasteiger charge is 2.33. The molecular formula is C9H9F3N4O. The summed E-state index contributed by atoms with van der Waals surface area (Å²) in [6.45, 7) is 0.432. The molecule has 2 N–H and O–H groups in total. The maximum Gasteiger partial charge on any atom is 0.435 e. The second kappa shape index (κ2) is 4.19. The van der Waals surface area contributed by atoms with Crippen LogP contribution in [0.5, 0.6) is 0 Å². The van der Waals surface area contributed by atoms with Gasteiger partial charge < -0.3 is 10.6 Å². The molecule has 0 radical (unpaired) electrons. The molecule has 0 saturated carbocycles. The molecule has 17 heavy (non-hydrogen) atoms. The number of halogens is 3. The molecule has 92 valence electrons. The summed E-state index contributed by atoms with van der Waals surface area (Å²) in [5.41, 5.74) is -1.04. The molecule has 8 heteroatoms. The van der Waals surface area contributed by atoms with Crippen molar-refractivity contribution in [3.05, 3.63) is 17.8 Å². The topological polar surface area (TPSA) is 66.9 Å². The van der Waals surface area contributed by atoms with Crippen LogP contribution in [0.2, 0.25) is 0 Å². The summed E-state index contributed by atoms with van der Waals surface area (Å²) in [6.07, 6.45) is -4.21. The van der Waals surface area contributed by atoms with Crippen molar-refractivity contribution in [2.45, 2.75) is 18.6 Å². The van der Waals surface area contributed by atoms with Gasteiger partial charge in [0.05, 0.1) is 6.04 Å². The third-order valence-corrected chi connectivity index (χ3v) is 2.28. The van der Waals surface area contributed by atoms with Gasteiger partial charge in [-0.2, -0.15) is 13.2 Å². The second-order valence-corrected chi connectivity index (χ2v) is 3.65. The van der Waals surface area contributed by atoms with Crippen LogP contribution in [0.25, 0.3) is 0 Å². The molecule has 1 aromatic rings. The van der Waals surface area contributed by atoms with Crippen molar-refractivity contribution in [3.8, 4) is 0 Å². The average molecular weight is 246 g/mol. The fourth-order valence-electron chi connectivity index (χ4n) is 1.48. The Hall–Kier alpha value is -1.86. The highest BCUT2D eigenvalue weighted by Crippen LogP contribution is 2.27. The highest BCUT2D eigenvalue weighted by molar-refractivity contribution is 5.79. The minimum Gasteiger partial charge on any atom is -0.364 e. The first-order valence-electron chi connectivity index (χ1n) is 4.89. The van der Waals surface area contributed by atoms with E-state index in [1.165, 1.54) is 6.07 Å². The Morgan fingerprint density at radius 3 is 2.59 bits per heavy atom. The van der Waals surface area contributed by atoms with Crippen molar-refractivity contribution in [2.24, 2.45) is 0 Å². The molecule has 1 aliphatic heterocycles. The first-order valence-corrected chi connectivity index (χ1v) is 4.89. The first-order chi connectivity index (χ1) is 7.95. The summed E-state index contributed by atoms with van der Waals surface area (Å²) >= 11 is 0. The number of anilines is 1. The maximum absolute atomic E-state index is 12.2. The van der Waals surface area contributed by atoms with E-state index in [4.69, 9.17) is 0 Å². The molecule has 0 aromatic carbocycles. The molecule has 0 aliphatic carbocycles. The summed E-state index contributed by atoms with van der Waals surface area (Å²) in [5.74, 6) is 0.127. The summed E-state index contributed by atoms with van der Waals surface area (Å²) in [6, 6.07) is 1.88. The number of hydrogen-bond donors (Lipinski definition) is 2. The molecule has 0 bridgehead atoms. The van der Waals surface area contributed by atoms with E-state index in [-0.39, 0.29) is 24.2 Å². The van der Waals surface area contributed by atoms with E-state index in [1.807, 2.05) is 0 Å². The van der Waals surface area contributed by atoms with Gasteiger partial charge in [-0.05, 0) is 12.1 Å². The number of nitrogens with zero attached hydrogens (tertiary/aromatic N) is 2. The molecule has 0 spiro atoms. The predicted molar refractivity (Wildman–Crippen MR) is 52.1 cm³/mol. The van der Waals surface area contributed by atoms with Gasteiger partial charge in [-0.25, -0.2) is 0 Å². The van der Waals surface area contributed by atoms with Crippen LogP contribution in [0.1, 0.15) is 12.1 Å². The molecule has 2 heterocycles. The van der Waals surface area contributed by atoms with E-state index in [0.29, 0.717) is 6.54 Å². The van der Waals surface area contributed by atoms with Gasteiger partial charge in [-0.15, -0.1) is 10.2 Å². The minimum atomic E-state index is -4.49. The maximum atomic E-state index is 12.2. The van der Waals surface area contributed by atoms with E-state index in [1.54, 1.807) is 0 Å². The number of alkyl halides is 3. The molecule has 1 unspecified atom stereocenters. The molecular weight excluding hydrogens is 237 g/mol. The monoisotopic (exact) mass is 246 g/mol. The van der Waals surface area contributed by atoms with Gasteiger partial charge in [0.25, 0.3) is 0 Å². The van der Waals surface area contributed by atoms with Crippen molar-refractivity contribution < 1.29 is 18.0 Å². The third kappa shape index (κ3) is 2.83. The first kappa shape index (κ1) is 11.6. The zero-order valence-electron chi connectivity index (χ0n) is 8.58. The molecule has 1 aromatic heterocycles. The van der Waals surface area contributed by atoms with Crippen LogP contribution >= 0.6 is 0 Å². The van der Waals surface area contributed by atoms with Crippen LogP contribution in [0.3, 0.4) is 0 Å². The summed E-state index contributed by atoms with van der Waals surface area (Å²) in [4.78, 5) is 10.9. The molecule has 2 rings (SSSR count). The van der Waals surface area contributed by atoms with Crippen LogP contribution in [0.4, 0.5) is 19.0 Å². The van der Waals surface area contributed by atoms with Crippen LogP contribution in [0.15, 0.2) is 12.1 Å². The van der Waals surface area contributed by atoms with Gasteiger partial charge in [-0.1, -0.05) is 0 Å². The number of aromatic nitrogens is 2. The largest absolute Gasteiger partial charge is 0.435 e. The molecule has 5 nitrogen and oxygen atoms in total. The average Bonchev–Trinajstić information content (AvgIpc) is 2.63. The van der Waals surface area contributed by atoms with Gasteiger partial charge in [0, 0.05) is 13.0 Å². The number of carbonyl (C=O) groups excluding carboxylic acids is 1. The standard InChI is InChI=1S/C9H9F3N4O/c10-9(11,12)6-1-2-7(16-15-6)14-5-3-8(17)13-4-5/h1-2,5H,3-4H2,(H,13,17)(H,14,16). The number of nitrogens with one attached hydrogen (secondary N) is 2. The summed E-state index contributed by atoms with van der Waals surface area (Å²) in [7, 11) is 0. The third-order valence-electron chi connectivity index (χ3n) is 2.28. The Balaban J connectivity index is 2.01. The molecule has 1 aliphatic rings. The van der Waals surface area contributed by atoms with Crippen LogP contribution in [0, 0.1) is 0 Å². The van der Waals surface area contributed by atoms with Crippen molar-refractivity contribution in [2.75, 3.05) is 11.9 Å². The molecule has 1 amide bonds. The summed E-state index contributed by atoms with van der Waals surface area (Å²) < 4.78 is 36.6. The Labute approximate surface area is 94.4 Å². The minimum absolute atomic E-state index is 0.0950. The summed E-state index contributed by atoms with van der Waals surface area (Å²) in [5, 5.41) is 11.9. The lowest BCUT2D eigenvalue weighted by molar-refractivity contribution is -0.141. The zero-order chi connectivity index (χ0) is 12.5. The van der Waals surface area contributed by atoms with Gasteiger partial charge in [0.2, 0.25) is 5.91 Å². The van der Waals surface area contributed by atoms with Crippen molar-refractivity contribution in [1.82, 2.24) is 15.5 Å². The van der Waals surface area contributed by atoms with E-state index >= 15 is 0 Å². The van der Waals surface area contributed by atoms with Crippen LogP contribution in [-0.4, -0.2) is 28.7 Å². The second-order valence-electron chi connectivity index (χ2n) is 3.65. The van der Waals surface area contributed by atoms with E-state index in [2.05, 4.69) is 20.8 Å². The van der Waals surface area contributed by atoms with Gasteiger partial charge in [0.1, 0.15) is 5.82 Å². The van der Waals surface area contributed by atoms with Gasteiger partial charge in [0.15, 0.2) is 5.69 Å². The fourth-order valence-corrected chi connectivity index (χ4v) is 1.48. The quantitative estimate of drug-likeness (QED) is 0.809. The number of rotatable bonds is 2.